The van der Waals surface area contributed by atoms with Crippen LogP contribution in [-0.2, 0) is 24.8 Å². The number of aryl methyl sites for hydroxylation is 2. The van der Waals surface area contributed by atoms with E-state index in [4.69, 9.17) is 4.74 Å². The first-order valence-corrected chi connectivity index (χ1v) is 15.0. The van der Waals surface area contributed by atoms with E-state index < -0.39 is 32.1 Å². The van der Waals surface area contributed by atoms with E-state index in [1.54, 1.807) is 49.4 Å². The Morgan fingerprint density at radius 2 is 1.57 bits per heavy atom. The summed E-state index contributed by atoms with van der Waals surface area (Å²) >= 11 is 0. The van der Waals surface area contributed by atoms with Crippen molar-refractivity contribution in [2.24, 2.45) is 0 Å². The number of aromatic nitrogens is 2. The van der Waals surface area contributed by atoms with E-state index >= 15 is 0 Å². The lowest BCUT2D eigenvalue weighted by Gasteiger charge is -2.34. The van der Waals surface area contributed by atoms with Crippen molar-refractivity contribution in [2.45, 2.75) is 29.7 Å². The molecule has 13 heteroatoms. The molecular formula is C27H25N5O6S2. The molecule has 4 aromatic rings. The number of fused-ring (bicyclic) bond motifs is 1. The predicted molar refractivity (Wildman–Crippen MR) is 149 cm³/mol. The average molecular weight is 580 g/mol. The molecule has 0 radical (unpaired) electrons. The van der Waals surface area contributed by atoms with Gasteiger partial charge in [-0.25, -0.2) is 31.5 Å². The highest BCUT2D eigenvalue weighted by Gasteiger charge is 2.37. The number of carbonyl (C=O) groups is 1. The SMILES string of the molecule is Cc1ccc(S(=O)(=O)N2C[C@@H](C(=O)Nc3ccc(S(=O)(=O)Nc4nccc(C)n4)cc3)Oc3ccccc32)cc1. The Morgan fingerprint density at radius 1 is 0.900 bits per heavy atom. The zero-order chi connectivity index (χ0) is 28.5. The number of nitrogens with one attached hydrogen (secondary N) is 2. The number of amides is 1. The molecule has 3 aromatic carbocycles. The summed E-state index contributed by atoms with van der Waals surface area (Å²) in [5.41, 5.74) is 2.14. The van der Waals surface area contributed by atoms with Crippen molar-refractivity contribution < 1.29 is 26.4 Å². The van der Waals surface area contributed by atoms with Gasteiger partial charge in [-0.05, 0) is 68.4 Å². The largest absolute Gasteiger partial charge is 0.476 e. The summed E-state index contributed by atoms with van der Waals surface area (Å²) in [6, 6.07) is 20.1. The molecule has 1 aromatic heterocycles. The van der Waals surface area contributed by atoms with Crippen molar-refractivity contribution in [1.82, 2.24) is 9.97 Å². The van der Waals surface area contributed by atoms with Crippen LogP contribution in [0.2, 0.25) is 0 Å². The average Bonchev–Trinajstić information content (AvgIpc) is 2.92. The summed E-state index contributed by atoms with van der Waals surface area (Å²) in [6.45, 7) is 3.31. The highest BCUT2D eigenvalue weighted by molar-refractivity contribution is 7.93. The first-order chi connectivity index (χ1) is 19.0. The molecule has 40 heavy (non-hydrogen) atoms. The van der Waals surface area contributed by atoms with Gasteiger partial charge in [-0.1, -0.05) is 29.8 Å². The fourth-order valence-corrected chi connectivity index (χ4v) is 6.45. The third-order valence-corrected chi connectivity index (χ3v) is 9.23. The smallest absolute Gasteiger partial charge is 0.267 e. The van der Waals surface area contributed by atoms with Crippen LogP contribution in [0.5, 0.6) is 5.75 Å². The summed E-state index contributed by atoms with van der Waals surface area (Å²) in [7, 11) is -7.96. The summed E-state index contributed by atoms with van der Waals surface area (Å²) in [5.74, 6) is -0.409. The Labute approximate surface area is 232 Å². The fourth-order valence-electron chi connectivity index (χ4n) is 4.02. The second kappa shape index (κ2) is 10.6. The summed E-state index contributed by atoms with van der Waals surface area (Å²) in [5, 5.41) is 2.67. The summed E-state index contributed by atoms with van der Waals surface area (Å²) < 4.78 is 61.8. The second-order valence-corrected chi connectivity index (χ2v) is 12.6. The summed E-state index contributed by atoms with van der Waals surface area (Å²) in [4.78, 5) is 21.2. The fraction of sp³-hybridized carbons (Fsp3) is 0.148. The molecule has 1 aliphatic rings. The zero-order valence-corrected chi connectivity index (χ0v) is 23.1. The number of nitrogens with zero attached hydrogens (tertiary/aromatic N) is 3. The molecule has 2 N–H and O–H groups in total. The van der Waals surface area contributed by atoms with Crippen molar-refractivity contribution in [3.63, 3.8) is 0 Å². The molecule has 0 saturated heterocycles. The van der Waals surface area contributed by atoms with Gasteiger partial charge in [-0.15, -0.1) is 0 Å². The number of hydrogen-bond acceptors (Lipinski definition) is 8. The van der Waals surface area contributed by atoms with E-state index in [0.29, 0.717) is 17.1 Å². The molecule has 0 aliphatic carbocycles. The van der Waals surface area contributed by atoms with Gasteiger partial charge in [-0.2, -0.15) is 0 Å². The van der Waals surface area contributed by atoms with E-state index in [2.05, 4.69) is 20.0 Å². The van der Waals surface area contributed by atoms with Crippen molar-refractivity contribution >= 4 is 43.3 Å². The molecule has 1 aliphatic heterocycles. The van der Waals surface area contributed by atoms with Crippen molar-refractivity contribution in [2.75, 3.05) is 20.9 Å². The van der Waals surface area contributed by atoms with E-state index in [9.17, 15) is 21.6 Å². The molecule has 0 saturated carbocycles. The van der Waals surface area contributed by atoms with E-state index in [1.807, 2.05) is 6.92 Å². The summed E-state index contributed by atoms with van der Waals surface area (Å²) in [6.07, 6.45) is 0.274. The van der Waals surface area contributed by atoms with Gasteiger partial charge in [0.05, 0.1) is 22.0 Å². The second-order valence-electron chi connectivity index (χ2n) is 9.06. The third kappa shape index (κ3) is 5.60. The van der Waals surface area contributed by atoms with Gasteiger partial charge in [0.25, 0.3) is 26.0 Å². The maximum Gasteiger partial charge on any atom is 0.267 e. The zero-order valence-electron chi connectivity index (χ0n) is 21.5. The van der Waals surface area contributed by atoms with Crippen LogP contribution in [-0.4, -0.2) is 45.4 Å². The standard InChI is InChI=1S/C27H25N5O6S2/c1-18-7-11-22(12-8-18)40(36,37)32-17-25(38-24-6-4-3-5-23(24)32)26(33)30-20-9-13-21(14-10-20)39(34,35)31-27-28-16-15-19(2)29-27/h3-16,25H,17H2,1-2H3,(H,30,33)(H,28,29,31)/t25-/m0/s1. The van der Waals surface area contributed by atoms with Gasteiger partial charge in [0.1, 0.15) is 5.75 Å². The van der Waals surface area contributed by atoms with Gasteiger partial charge in [0.15, 0.2) is 6.10 Å². The van der Waals surface area contributed by atoms with Crippen LogP contribution in [0.3, 0.4) is 0 Å². The number of rotatable bonds is 7. The van der Waals surface area contributed by atoms with Crippen LogP contribution < -0.4 is 19.1 Å². The molecule has 0 unspecified atom stereocenters. The minimum absolute atomic E-state index is 0.0581. The molecule has 0 fully saturated rings. The van der Waals surface area contributed by atoms with Crippen LogP contribution in [0.1, 0.15) is 11.3 Å². The Bertz CT molecular complexity index is 1780. The van der Waals surface area contributed by atoms with Crippen LogP contribution in [0.25, 0.3) is 0 Å². The number of ether oxygens (including phenoxy) is 1. The number of carbonyl (C=O) groups excluding carboxylic acids is 1. The Hall–Kier alpha value is -4.49. The van der Waals surface area contributed by atoms with Gasteiger partial charge >= 0.3 is 0 Å². The first kappa shape index (κ1) is 27.1. The van der Waals surface area contributed by atoms with Crippen LogP contribution >= 0.6 is 0 Å². The number of anilines is 3. The molecule has 0 spiro atoms. The highest BCUT2D eigenvalue weighted by Crippen LogP contribution is 2.37. The molecule has 5 rings (SSSR count). The Balaban J connectivity index is 1.34. The number of benzene rings is 3. The predicted octanol–water partition coefficient (Wildman–Crippen LogP) is 3.49. The number of hydrogen-bond donors (Lipinski definition) is 2. The number of sulfonamides is 2. The Morgan fingerprint density at radius 3 is 2.27 bits per heavy atom. The monoisotopic (exact) mass is 579 g/mol. The third-order valence-electron chi connectivity index (χ3n) is 6.09. The molecule has 206 valence electrons. The molecular weight excluding hydrogens is 554 g/mol. The molecule has 1 atom stereocenters. The minimum atomic E-state index is -3.99. The van der Waals surface area contributed by atoms with Gasteiger partial charge in [0, 0.05) is 17.6 Å². The van der Waals surface area contributed by atoms with E-state index in [-0.39, 0.29) is 28.0 Å². The van der Waals surface area contributed by atoms with Crippen LogP contribution in [0, 0.1) is 13.8 Å². The van der Waals surface area contributed by atoms with Crippen LogP contribution in [0.4, 0.5) is 17.3 Å². The lowest BCUT2D eigenvalue weighted by molar-refractivity contribution is -0.122. The molecule has 11 nitrogen and oxygen atoms in total. The normalized spacial score (nSPS) is 15.1. The maximum absolute atomic E-state index is 13.5. The highest BCUT2D eigenvalue weighted by atomic mass is 32.2. The van der Waals surface area contributed by atoms with E-state index in [0.717, 1.165) is 9.87 Å². The molecule has 0 bridgehead atoms. The van der Waals surface area contributed by atoms with Crippen LogP contribution in [0.15, 0.2) is 94.9 Å². The maximum atomic E-state index is 13.5. The first-order valence-electron chi connectivity index (χ1n) is 12.1. The van der Waals surface area contributed by atoms with Crippen molar-refractivity contribution in [1.29, 1.82) is 0 Å². The molecule has 1 amide bonds. The van der Waals surface area contributed by atoms with Gasteiger partial charge < -0.3 is 10.1 Å². The molecule has 2 heterocycles. The quantitative estimate of drug-likeness (QED) is 0.338. The lowest BCUT2D eigenvalue weighted by Crippen LogP contribution is -2.48. The van der Waals surface area contributed by atoms with Crippen molar-refractivity contribution in [3.8, 4) is 5.75 Å². The minimum Gasteiger partial charge on any atom is -0.476 e. The van der Waals surface area contributed by atoms with Gasteiger partial charge in [-0.3, -0.25) is 9.10 Å². The number of para-hydroxylation sites is 2. The van der Waals surface area contributed by atoms with Crippen molar-refractivity contribution in [3.05, 3.63) is 96.3 Å². The topological polar surface area (TPSA) is 148 Å². The van der Waals surface area contributed by atoms with E-state index in [1.165, 1.54) is 42.6 Å². The van der Waals surface area contributed by atoms with Gasteiger partial charge in [0.2, 0.25) is 5.95 Å². The lowest BCUT2D eigenvalue weighted by atomic mass is 10.2. The Kier molecular flexibility index (Phi) is 7.17.